The Labute approximate surface area is 208 Å². The Balaban J connectivity index is 1.80. The summed E-state index contributed by atoms with van der Waals surface area (Å²) >= 11 is 0. The number of carbonyl (C=O) groups is 1. The van der Waals surface area contributed by atoms with Crippen molar-refractivity contribution in [3.63, 3.8) is 0 Å². The number of nitrogens with zero attached hydrogens (tertiary/aromatic N) is 3. The van der Waals surface area contributed by atoms with Crippen LogP contribution in [0.25, 0.3) is 0 Å². The van der Waals surface area contributed by atoms with E-state index in [1.165, 1.54) is 31.5 Å². The SMILES string of the molecule is CCS(=O)(=O)c1ncc(N(Cc2cccc(F)c2)Cc2ccco2)c(C(=O)Nc2cccc(C)c2)n1. The van der Waals surface area contributed by atoms with Gasteiger partial charge in [0.05, 0.1) is 30.4 Å². The van der Waals surface area contributed by atoms with Crippen LogP contribution in [0, 0.1) is 12.7 Å². The quantitative estimate of drug-likeness (QED) is 0.325. The number of anilines is 2. The molecule has 0 saturated carbocycles. The molecule has 1 N–H and O–H groups in total. The second kappa shape index (κ2) is 10.7. The van der Waals surface area contributed by atoms with E-state index in [0.29, 0.717) is 17.0 Å². The summed E-state index contributed by atoms with van der Waals surface area (Å²) in [4.78, 5) is 23.4. The van der Waals surface area contributed by atoms with Gasteiger partial charge < -0.3 is 14.6 Å². The predicted octanol–water partition coefficient (Wildman–Crippen LogP) is 4.77. The lowest BCUT2D eigenvalue weighted by molar-refractivity contribution is 0.102. The van der Waals surface area contributed by atoms with Crippen LogP contribution < -0.4 is 10.2 Å². The largest absolute Gasteiger partial charge is 0.467 e. The summed E-state index contributed by atoms with van der Waals surface area (Å²) in [5.41, 5.74) is 2.26. The van der Waals surface area contributed by atoms with Crippen LogP contribution in [0.3, 0.4) is 0 Å². The van der Waals surface area contributed by atoms with Gasteiger partial charge in [-0.2, -0.15) is 0 Å². The van der Waals surface area contributed by atoms with Gasteiger partial charge in [-0.3, -0.25) is 4.79 Å². The maximum Gasteiger partial charge on any atom is 0.276 e. The van der Waals surface area contributed by atoms with E-state index in [4.69, 9.17) is 4.42 Å². The van der Waals surface area contributed by atoms with Crippen LogP contribution in [0.4, 0.5) is 15.8 Å². The predicted molar refractivity (Wildman–Crippen MR) is 134 cm³/mol. The summed E-state index contributed by atoms with van der Waals surface area (Å²) in [7, 11) is -3.78. The minimum absolute atomic E-state index is 0.124. The Kier molecular flexibility index (Phi) is 7.44. The Morgan fingerprint density at radius 3 is 2.58 bits per heavy atom. The van der Waals surface area contributed by atoms with E-state index in [9.17, 15) is 17.6 Å². The highest BCUT2D eigenvalue weighted by Crippen LogP contribution is 2.26. The molecule has 0 unspecified atom stereocenters. The molecule has 36 heavy (non-hydrogen) atoms. The number of benzene rings is 2. The van der Waals surface area contributed by atoms with Crippen molar-refractivity contribution in [1.29, 1.82) is 0 Å². The molecule has 0 aliphatic heterocycles. The summed E-state index contributed by atoms with van der Waals surface area (Å²) in [5, 5.41) is 2.35. The number of hydrogen-bond donors (Lipinski definition) is 1. The van der Waals surface area contributed by atoms with Gasteiger partial charge in [0.15, 0.2) is 5.69 Å². The Morgan fingerprint density at radius 2 is 1.89 bits per heavy atom. The highest BCUT2D eigenvalue weighted by atomic mass is 32.2. The summed E-state index contributed by atoms with van der Waals surface area (Å²) in [5.74, 6) is -0.635. The molecule has 0 spiro atoms. The summed E-state index contributed by atoms with van der Waals surface area (Å²) in [6.07, 6.45) is 2.83. The highest BCUT2D eigenvalue weighted by molar-refractivity contribution is 7.91. The Bertz CT molecular complexity index is 1470. The lowest BCUT2D eigenvalue weighted by Gasteiger charge is -2.25. The Hall–Kier alpha value is -4.05. The fourth-order valence-corrected chi connectivity index (χ4v) is 4.32. The molecule has 2 heterocycles. The fraction of sp³-hybridized carbons (Fsp3) is 0.192. The van der Waals surface area contributed by atoms with Crippen LogP contribution in [0.5, 0.6) is 0 Å². The average molecular weight is 509 g/mol. The molecule has 4 aromatic rings. The maximum atomic E-state index is 13.9. The van der Waals surface area contributed by atoms with Gasteiger partial charge >= 0.3 is 0 Å². The second-order valence-corrected chi connectivity index (χ2v) is 10.4. The zero-order valence-corrected chi connectivity index (χ0v) is 20.6. The molecule has 0 aliphatic rings. The van der Waals surface area contributed by atoms with E-state index in [2.05, 4.69) is 15.3 Å². The summed E-state index contributed by atoms with van der Waals surface area (Å²) in [6.45, 7) is 3.76. The maximum absolute atomic E-state index is 13.9. The number of hydrogen-bond acceptors (Lipinski definition) is 7. The summed E-state index contributed by atoms with van der Waals surface area (Å²) < 4.78 is 44.4. The van der Waals surface area contributed by atoms with Crippen molar-refractivity contribution < 1.29 is 22.0 Å². The number of aromatic nitrogens is 2. The number of aryl methyl sites for hydroxylation is 1. The van der Waals surface area contributed by atoms with Crippen LogP contribution in [-0.4, -0.2) is 30.0 Å². The van der Waals surface area contributed by atoms with E-state index < -0.39 is 26.7 Å². The lowest BCUT2D eigenvalue weighted by atomic mass is 10.1. The number of halogens is 1. The number of sulfone groups is 1. The van der Waals surface area contributed by atoms with Crippen molar-refractivity contribution in [2.75, 3.05) is 16.0 Å². The normalized spacial score (nSPS) is 11.3. The standard InChI is InChI=1S/C26H25FN4O4S/c1-3-36(33,34)26-28-15-23(24(30-26)25(32)29-21-10-4-7-18(2)13-21)31(17-22-11-6-12-35-22)16-19-8-5-9-20(27)14-19/h4-15H,3,16-17H2,1-2H3,(H,29,32). The van der Waals surface area contributed by atoms with E-state index in [1.807, 2.05) is 13.0 Å². The van der Waals surface area contributed by atoms with Gasteiger partial charge in [-0.25, -0.2) is 22.8 Å². The minimum atomic E-state index is -3.78. The van der Waals surface area contributed by atoms with Crippen molar-refractivity contribution in [2.45, 2.75) is 32.1 Å². The van der Waals surface area contributed by atoms with Crippen LogP contribution in [0.15, 0.2) is 82.7 Å². The number of rotatable bonds is 9. The highest BCUT2D eigenvalue weighted by Gasteiger charge is 2.25. The van der Waals surface area contributed by atoms with E-state index in [-0.39, 0.29) is 30.2 Å². The molecule has 2 aromatic carbocycles. The van der Waals surface area contributed by atoms with Gasteiger partial charge in [0.1, 0.15) is 11.6 Å². The minimum Gasteiger partial charge on any atom is -0.467 e. The molecular weight excluding hydrogens is 483 g/mol. The van der Waals surface area contributed by atoms with E-state index >= 15 is 0 Å². The van der Waals surface area contributed by atoms with Crippen LogP contribution in [-0.2, 0) is 22.9 Å². The first-order valence-electron chi connectivity index (χ1n) is 11.2. The molecule has 0 radical (unpaired) electrons. The van der Waals surface area contributed by atoms with Gasteiger partial charge in [-0.1, -0.05) is 31.2 Å². The molecule has 0 atom stereocenters. The average Bonchev–Trinajstić information content (AvgIpc) is 3.36. The molecule has 8 nitrogen and oxygen atoms in total. The topological polar surface area (TPSA) is 105 Å². The van der Waals surface area contributed by atoms with E-state index in [1.54, 1.807) is 47.4 Å². The molecule has 0 bridgehead atoms. The third kappa shape index (κ3) is 5.95. The van der Waals surface area contributed by atoms with Crippen molar-refractivity contribution in [3.05, 3.63) is 102 Å². The number of furan rings is 1. The molecule has 0 aliphatic carbocycles. The molecule has 186 valence electrons. The smallest absolute Gasteiger partial charge is 0.276 e. The number of amides is 1. The second-order valence-electron chi connectivity index (χ2n) is 8.18. The molecule has 2 aromatic heterocycles. The number of nitrogens with one attached hydrogen (secondary N) is 1. The fourth-order valence-electron chi connectivity index (χ4n) is 3.62. The van der Waals surface area contributed by atoms with Crippen molar-refractivity contribution in [2.24, 2.45) is 0 Å². The van der Waals surface area contributed by atoms with Gasteiger partial charge in [0.2, 0.25) is 15.0 Å². The Morgan fingerprint density at radius 1 is 1.08 bits per heavy atom. The monoisotopic (exact) mass is 508 g/mol. The summed E-state index contributed by atoms with van der Waals surface area (Å²) in [6, 6.07) is 16.8. The zero-order valence-electron chi connectivity index (χ0n) is 19.8. The van der Waals surface area contributed by atoms with Crippen LogP contribution in [0.1, 0.15) is 34.3 Å². The zero-order chi connectivity index (χ0) is 25.7. The van der Waals surface area contributed by atoms with Crippen molar-refractivity contribution >= 4 is 27.1 Å². The number of carbonyl (C=O) groups excluding carboxylic acids is 1. The van der Waals surface area contributed by atoms with Gasteiger partial charge in [0.25, 0.3) is 5.91 Å². The molecular formula is C26H25FN4O4S. The van der Waals surface area contributed by atoms with Crippen LogP contribution in [0.2, 0.25) is 0 Å². The first-order chi connectivity index (χ1) is 17.2. The third-order valence-corrected chi connectivity index (χ3v) is 6.94. The van der Waals surface area contributed by atoms with Crippen molar-refractivity contribution in [1.82, 2.24) is 9.97 Å². The molecule has 0 saturated heterocycles. The lowest BCUT2D eigenvalue weighted by Crippen LogP contribution is -2.27. The van der Waals surface area contributed by atoms with Gasteiger partial charge in [0, 0.05) is 12.2 Å². The van der Waals surface area contributed by atoms with Crippen LogP contribution >= 0.6 is 0 Å². The third-order valence-electron chi connectivity index (χ3n) is 5.43. The first-order valence-corrected chi connectivity index (χ1v) is 12.9. The molecule has 4 rings (SSSR count). The molecule has 0 fully saturated rings. The van der Waals surface area contributed by atoms with E-state index in [0.717, 1.165) is 5.56 Å². The molecule has 10 heteroatoms. The molecule has 1 amide bonds. The first kappa shape index (κ1) is 25.1. The van der Waals surface area contributed by atoms with Gasteiger partial charge in [-0.05, 0) is 54.4 Å². The van der Waals surface area contributed by atoms with Crippen molar-refractivity contribution in [3.8, 4) is 0 Å². The van der Waals surface area contributed by atoms with Gasteiger partial charge in [-0.15, -0.1) is 0 Å².